The number of fused-ring (bicyclic) bond motifs is 3. The molecule has 1 saturated heterocycles. The van der Waals surface area contributed by atoms with Gasteiger partial charge in [-0.15, -0.1) is 12.4 Å². The molecule has 1 fully saturated rings. The standard InChI is InChI=1S/C17H15ClF3N3O2.ClH/c1-24-14-13(23-16(24)17(19,20)21)10(18)6-9-11(25)7-12(26-15(9)14)8-2-4-22-5-3-8;/h6-8,22H,2-5H2,1H3;1H/i1D3;. The summed E-state index contributed by atoms with van der Waals surface area (Å²) in [6.07, 6.45) is -3.69. The van der Waals surface area contributed by atoms with Crippen molar-refractivity contribution < 1.29 is 21.7 Å². The largest absolute Gasteiger partial charge is 0.458 e. The van der Waals surface area contributed by atoms with Gasteiger partial charge in [-0.3, -0.25) is 4.79 Å². The first-order valence-electron chi connectivity index (χ1n) is 9.45. The van der Waals surface area contributed by atoms with E-state index in [2.05, 4.69) is 10.3 Å². The Morgan fingerprint density at radius 3 is 2.70 bits per heavy atom. The van der Waals surface area contributed by atoms with Crippen molar-refractivity contribution >= 4 is 46.0 Å². The highest BCUT2D eigenvalue weighted by Crippen LogP contribution is 2.37. The van der Waals surface area contributed by atoms with Crippen molar-refractivity contribution in [2.24, 2.45) is 6.98 Å². The number of alkyl halides is 3. The third-order valence-electron chi connectivity index (χ3n) is 4.59. The lowest BCUT2D eigenvalue weighted by atomic mass is 9.95. The van der Waals surface area contributed by atoms with Gasteiger partial charge in [0.2, 0.25) is 5.82 Å². The fourth-order valence-electron chi connectivity index (χ4n) is 3.32. The maximum absolute atomic E-state index is 13.5. The number of imidazole rings is 1. The molecule has 0 amide bonds. The molecule has 2 aromatic heterocycles. The Balaban J connectivity index is 0.00000256. The number of benzene rings is 1. The zero-order valence-corrected chi connectivity index (χ0v) is 15.3. The van der Waals surface area contributed by atoms with Crippen LogP contribution in [0.2, 0.25) is 5.02 Å². The van der Waals surface area contributed by atoms with E-state index >= 15 is 0 Å². The van der Waals surface area contributed by atoms with Crippen LogP contribution in [0.3, 0.4) is 0 Å². The number of rotatable bonds is 1. The van der Waals surface area contributed by atoms with Crippen LogP contribution < -0.4 is 10.7 Å². The summed E-state index contributed by atoms with van der Waals surface area (Å²) in [5, 5.41) is 2.81. The Morgan fingerprint density at radius 2 is 2.07 bits per heavy atom. The minimum Gasteiger partial charge on any atom is -0.458 e. The Bertz CT molecular complexity index is 1170. The second-order valence-corrected chi connectivity index (χ2v) is 6.65. The van der Waals surface area contributed by atoms with Gasteiger partial charge in [0.15, 0.2) is 11.0 Å². The lowest BCUT2D eigenvalue weighted by molar-refractivity contribution is -0.146. The maximum Gasteiger partial charge on any atom is 0.449 e. The van der Waals surface area contributed by atoms with Crippen LogP contribution in [-0.2, 0) is 13.2 Å². The van der Waals surface area contributed by atoms with Gasteiger partial charge in [-0.1, -0.05) is 11.6 Å². The number of aryl methyl sites for hydroxylation is 1. The molecule has 3 heterocycles. The van der Waals surface area contributed by atoms with Crippen LogP contribution in [0, 0.1) is 0 Å². The molecule has 27 heavy (non-hydrogen) atoms. The lowest BCUT2D eigenvalue weighted by Crippen LogP contribution is -2.27. The molecule has 0 atom stereocenters. The van der Waals surface area contributed by atoms with Crippen LogP contribution in [0.5, 0.6) is 0 Å². The van der Waals surface area contributed by atoms with Gasteiger partial charge in [0.25, 0.3) is 0 Å². The van der Waals surface area contributed by atoms with E-state index in [1.165, 1.54) is 6.07 Å². The van der Waals surface area contributed by atoms with Crippen molar-refractivity contribution in [2.75, 3.05) is 13.1 Å². The summed E-state index contributed by atoms with van der Waals surface area (Å²) in [5.41, 5.74) is -1.61. The molecular formula is C17H16Cl2F3N3O2. The predicted octanol–water partition coefficient (Wildman–Crippen LogP) is 4.24. The first kappa shape index (κ1) is 16.2. The van der Waals surface area contributed by atoms with E-state index < -0.39 is 29.9 Å². The molecule has 3 aromatic rings. The van der Waals surface area contributed by atoms with Crippen molar-refractivity contribution in [1.29, 1.82) is 0 Å². The summed E-state index contributed by atoms with van der Waals surface area (Å²) in [6.45, 7) is -1.82. The van der Waals surface area contributed by atoms with E-state index in [0.717, 1.165) is 6.07 Å². The fraction of sp³-hybridized carbons (Fsp3) is 0.412. The topological polar surface area (TPSA) is 60.1 Å². The molecule has 10 heteroatoms. The second kappa shape index (κ2) is 7.00. The fourth-order valence-corrected chi connectivity index (χ4v) is 3.56. The van der Waals surface area contributed by atoms with Gasteiger partial charge < -0.3 is 14.3 Å². The number of hydrogen-bond acceptors (Lipinski definition) is 4. The third-order valence-corrected chi connectivity index (χ3v) is 4.88. The normalized spacial score (nSPS) is 18.1. The molecule has 1 aromatic carbocycles. The molecule has 4 rings (SSSR count). The molecule has 0 spiro atoms. The Hall–Kier alpha value is -1.77. The van der Waals surface area contributed by atoms with Gasteiger partial charge in [-0.05, 0) is 32.0 Å². The number of aromatic nitrogens is 2. The molecule has 0 bridgehead atoms. The monoisotopic (exact) mass is 424 g/mol. The number of halogens is 5. The smallest absolute Gasteiger partial charge is 0.449 e. The molecule has 146 valence electrons. The van der Waals surface area contributed by atoms with Gasteiger partial charge in [0, 0.05) is 23.1 Å². The Kier molecular flexibility index (Phi) is 4.20. The molecule has 0 saturated carbocycles. The average molecular weight is 425 g/mol. The van der Waals surface area contributed by atoms with E-state index in [-0.39, 0.29) is 44.4 Å². The van der Waals surface area contributed by atoms with Gasteiger partial charge in [-0.25, -0.2) is 4.98 Å². The van der Waals surface area contributed by atoms with Crippen molar-refractivity contribution in [3.63, 3.8) is 0 Å². The SMILES string of the molecule is Cl.[2H]C([2H])([2H])n1c(C(F)(F)F)nc2c(Cl)cc3c(=O)cc(C4CCNCC4)oc3c21. The Labute approximate surface area is 167 Å². The van der Waals surface area contributed by atoms with E-state index in [9.17, 15) is 18.0 Å². The Morgan fingerprint density at radius 1 is 1.37 bits per heavy atom. The van der Waals surface area contributed by atoms with E-state index in [4.69, 9.17) is 20.1 Å². The average Bonchev–Trinajstić information content (AvgIpc) is 3.06. The lowest BCUT2D eigenvalue weighted by Gasteiger charge is -2.21. The van der Waals surface area contributed by atoms with Crippen LogP contribution in [0.4, 0.5) is 13.2 Å². The van der Waals surface area contributed by atoms with Crippen molar-refractivity contribution in [2.45, 2.75) is 24.9 Å². The van der Waals surface area contributed by atoms with Crippen molar-refractivity contribution in [3.8, 4) is 0 Å². The summed E-state index contributed by atoms with van der Waals surface area (Å²) < 4.78 is 69.4. The molecule has 1 aliphatic heterocycles. The summed E-state index contributed by atoms with van der Waals surface area (Å²) in [4.78, 5) is 16.1. The molecule has 1 N–H and O–H groups in total. The number of nitrogens with one attached hydrogen (secondary N) is 1. The molecule has 5 nitrogen and oxygen atoms in total. The minimum absolute atomic E-state index is 0. The predicted molar refractivity (Wildman–Crippen MR) is 98.9 cm³/mol. The van der Waals surface area contributed by atoms with Crippen LogP contribution in [-0.4, -0.2) is 22.6 Å². The third kappa shape index (κ3) is 3.30. The van der Waals surface area contributed by atoms with E-state index in [1.54, 1.807) is 0 Å². The molecule has 0 unspecified atom stereocenters. The first-order valence-corrected chi connectivity index (χ1v) is 8.33. The zero-order valence-electron chi connectivity index (χ0n) is 16.7. The number of hydrogen-bond donors (Lipinski definition) is 1. The summed E-state index contributed by atoms with van der Waals surface area (Å²) in [6, 6.07) is 2.45. The number of nitrogens with zero attached hydrogens (tertiary/aromatic N) is 2. The van der Waals surface area contributed by atoms with Crippen LogP contribution >= 0.6 is 24.0 Å². The molecule has 0 aliphatic carbocycles. The van der Waals surface area contributed by atoms with Gasteiger partial charge in [0.05, 0.1) is 10.4 Å². The second-order valence-electron chi connectivity index (χ2n) is 6.24. The van der Waals surface area contributed by atoms with Crippen LogP contribution in [0.1, 0.15) is 34.5 Å². The highest BCUT2D eigenvalue weighted by atomic mass is 35.5. The van der Waals surface area contributed by atoms with Gasteiger partial charge >= 0.3 is 6.18 Å². The van der Waals surface area contributed by atoms with Crippen LogP contribution in [0.25, 0.3) is 22.0 Å². The molecule has 1 aliphatic rings. The van der Waals surface area contributed by atoms with Crippen LogP contribution in [0.15, 0.2) is 21.3 Å². The maximum atomic E-state index is 13.5. The van der Waals surface area contributed by atoms with Gasteiger partial charge in [-0.2, -0.15) is 13.2 Å². The summed E-state index contributed by atoms with van der Waals surface area (Å²) in [7, 11) is 0. The minimum atomic E-state index is -5.05. The van der Waals surface area contributed by atoms with Crippen molar-refractivity contribution in [3.05, 3.63) is 39.0 Å². The van der Waals surface area contributed by atoms with E-state index in [1.807, 2.05) is 0 Å². The molecule has 0 radical (unpaired) electrons. The quantitative estimate of drug-likeness (QED) is 0.634. The highest BCUT2D eigenvalue weighted by molar-refractivity contribution is 6.36. The highest BCUT2D eigenvalue weighted by Gasteiger charge is 2.38. The van der Waals surface area contributed by atoms with E-state index in [0.29, 0.717) is 31.7 Å². The molecular weight excluding hydrogens is 406 g/mol. The van der Waals surface area contributed by atoms with Crippen molar-refractivity contribution in [1.82, 2.24) is 14.9 Å². The van der Waals surface area contributed by atoms with Gasteiger partial charge in [0.1, 0.15) is 16.8 Å². The first-order chi connectivity index (χ1) is 13.5. The summed E-state index contributed by atoms with van der Waals surface area (Å²) in [5.74, 6) is -1.43. The number of piperidine rings is 1. The zero-order chi connectivity index (χ0) is 21.1. The summed E-state index contributed by atoms with van der Waals surface area (Å²) >= 11 is 6.07.